The summed E-state index contributed by atoms with van der Waals surface area (Å²) in [5.41, 5.74) is 8.18. The first-order valence-electron chi connectivity index (χ1n) is 7.64. The monoisotopic (exact) mass is 294 g/mol. The highest BCUT2D eigenvalue weighted by atomic mass is 16.7. The van der Waals surface area contributed by atoms with E-state index in [-0.39, 0.29) is 11.6 Å². The Morgan fingerprint density at radius 3 is 2.95 bits per heavy atom. The Bertz CT molecular complexity index is 890. The van der Waals surface area contributed by atoms with Gasteiger partial charge in [-0.25, -0.2) is 0 Å². The molecule has 1 aromatic carbocycles. The van der Waals surface area contributed by atoms with Crippen LogP contribution in [0.3, 0.4) is 0 Å². The Balaban J connectivity index is 2.07. The number of nitrogens with one attached hydrogen (secondary N) is 2. The van der Waals surface area contributed by atoms with Crippen molar-refractivity contribution in [3.8, 4) is 5.75 Å². The number of aromatic amines is 1. The number of aromatic nitrogens is 1. The van der Waals surface area contributed by atoms with Gasteiger partial charge < -0.3 is 9.82 Å². The van der Waals surface area contributed by atoms with Gasteiger partial charge >= 0.3 is 0 Å². The molecular formula is C18H18N2O2. The largest absolute Gasteiger partial charge is 0.407 e. The minimum absolute atomic E-state index is 0.0694. The molecule has 4 heteroatoms. The summed E-state index contributed by atoms with van der Waals surface area (Å²) in [6.45, 7) is 4.07. The number of H-pyrrole nitrogens is 1. The van der Waals surface area contributed by atoms with Crippen LogP contribution in [0.15, 0.2) is 35.2 Å². The Morgan fingerprint density at radius 2 is 2.18 bits per heavy atom. The predicted molar refractivity (Wildman–Crippen MR) is 87.8 cm³/mol. The summed E-state index contributed by atoms with van der Waals surface area (Å²) >= 11 is 0. The van der Waals surface area contributed by atoms with Gasteiger partial charge in [-0.2, -0.15) is 0 Å². The summed E-state index contributed by atoms with van der Waals surface area (Å²) < 4.78 is 0. The topological polar surface area (TPSA) is 54.1 Å². The number of fused-ring (bicyclic) bond motifs is 2. The maximum atomic E-state index is 12.1. The molecule has 0 saturated heterocycles. The first-order valence-corrected chi connectivity index (χ1v) is 7.64. The lowest BCUT2D eigenvalue weighted by atomic mass is 9.91. The summed E-state index contributed by atoms with van der Waals surface area (Å²) in [5, 5.41) is 1.09. The zero-order valence-electron chi connectivity index (χ0n) is 12.7. The molecule has 2 heterocycles. The quantitative estimate of drug-likeness (QED) is 0.846. The number of pyridine rings is 1. The van der Waals surface area contributed by atoms with Crippen LogP contribution >= 0.6 is 0 Å². The molecule has 2 N–H and O–H groups in total. The van der Waals surface area contributed by atoms with Crippen LogP contribution in [0, 0.1) is 6.92 Å². The summed E-state index contributed by atoms with van der Waals surface area (Å²) in [5.74, 6) is 0.838. The molecule has 0 fully saturated rings. The van der Waals surface area contributed by atoms with Crippen molar-refractivity contribution in [2.75, 3.05) is 0 Å². The molecule has 1 aliphatic heterocycles. The second-order valence-corrected chi connectivity index (χ2v) is 5.99. The number of rotatable bonds is 1. The fourth-order valence-electron chi connectivity index (χ4n) is 3.33. The number of aryl methyl sites for hydroxylation is 1. The lowest BCUT2D eigenvalue weighted by Crippen LogP contribution is -2.13. The third-order valence-corrected chi connectivity index (χ3v) is 4.52. The predicted octanol–water partition coefficient (Wildman–Crippen LogP) is 3.53. The van der Waals surface area contributed by atoms with Gasteiger partial charge in [-0.3, -0.25) is 4.79 Å². The van der Waals surface area contributed by atoms with E-state index in [1.807, 2.05) is 6.92 Å². The highest BCUT2D eigenvalue weighted by Crippen LogP contribution is 2.40. The smallest absolute Gasteiger partial charge is 0.249 e. The summed E-state index contributed by atoms with van der Waals surface area (Å²) in [4.78, 5) is 20.7. The van der Waals surface area contributed by atoms with E-state index in [1.54, 1.807) is 6.07 Å². The zero-order valence-corrected chi connectivity index (χ0v) is 12.7. The SMILES string of the molecule is Cc1c2c(cc3c(C4=CC=CCC4)cc(=O)[nH]c13)C(C)NO2. The highest BCUT2D eigenvalue weighted by molar-refractivity contribution is 5.95. The molecule has 1 atom stereocenters. The summed E-state index contributed by atoms with van der Waals surface area (Å²) in [7, 11) is 0. The number of hydrogen-bond donors (Lipinski definition) is 2. The van der Waals surface area contributed by atoms with Gasteiger partial charge in [0.15, 0.2) is 5.75 Å². The van der Waals surface area contributed by atoms with Crippen LogP contribution in [0.2, 0.25) is 0 Å². The van der Waals surface area contributed by atoms with E-state index in [0.29, 0.717) is 0 Å². The minimum atomic E-state index is -0.0694. The molecule has 0 radical (unpaired) electrons. The van der Waals surface area contributed by atoms with E-state index < -0.39 is 0 Å². The molecule has 0 bridgehead atoms. The van der Waals surface area contributed by atoms with Crippen molar-refractivity contribution in [2.24, 2.45) is 0 Å². The van der Waals surface area contributed by atoms with Crippen LogP contribution in [0.1, 0.15) is 42.5 Å². The van der Waals surface area contributed by atoms with Crippen LogP contribution < -0.4 is 15.9 Å². The van der Waals surface area contributed by atoms with E-state index in [1.165, 1.54) is 5.57 Å². The van der Waals surface area contributed by atoms with Crippen LogP contribution in [0.25, 0.3) is 16.5 Å². The number of benzene rings is 1. The first kappa shape index (κ1) is 13.3. The van der Waals surface area contributed by atoms with Crippen LogP contribution in [-0.2, 0) is 0 Å². The average molecular weight is 294 g/mol. The van der Waals surface area contributed by atoms with E-state index in [4.69, 9.17) is 4.84 Å². The van der Waals surface area contributed by atoms with E-state index in [2.05, 4.69) is 41.7 Å². The number of hydrogen-bond acceptors (Lipinski definition) is 3. The molecule has 4 nitrogen and oxygen atoms in total. The van der Waals surface area contributed by atoms with Gasteiger partial charge in [0.2, 0.25) is 5.56 Å². The van der Waals surface area contributed by atoms with Crippen LogP contribution in [0.4, 0.5) is 0 Å². The number of hydroxylamine groups is 1. The van der Waals surface area contributed by atoms with Gasteiger partial charge in [0.1, 0.15) is 0 Å². The van der Waals surface area contributed by atoms with E-state index in [0.717, 1.165) is 46.2 Å². The molecule has 4 rings (SSSR count). The van der Waals surface area contributed by atoms with Gasteiger partial charge in [-0.1, -0.05) is 18.2 Å². The van der Waals surface area contributed by atoms with E-state index >= 15 is 0 Å². The van der Waals surface area contributed by atoms with Crippen molar-refractivity contribution in [3.05, 3.63) is 57.4 Å². The average Bonchev–Trinajstić information content (AvgIpc) is 2.90. The Morgan fingerprint density at radius 1 is 1.32 bits per heavy atom. The molecule has 2 aromatic rings. The van der Waals surface area contributed by atoms with Crippen LogP contribution in [-0.4, -0.2) is 4.98 Å². The normalized spacial score (nSPS) is 19.9. The van der Waals surface area contributed by atoms with Gasteiger partial charge in [-0.05, 0) is 43.9 Å². The maximum Gasteiger partial charge on any atom is 0.249 e. The second-order valence-electron chi connectivity index (χ2n) is 5.99. The fourth-order valence-corrected chi connectivity index (χ4v) is 3.33. The van der Waals surface area contributed by atoms with Gasteiger partial charge in [0.05, 0.1) is 11.6 Å². The Labute approximate surface area is 128 Å². The summed E-state index contributed by atoms with van der Waals surface area (Å²) in [6.07, 6.45) is 8.32. The molecule has 0 saturated carbocycles. The molecule has 2 aliphatic rings. The van der Waals surface area contributed by atoms with Gasteiger partial charge in [0, 0.05) is 22.6 Å². The third-order valence-electron chi connectivity index (χ3n) is 4.52. The van der Waals surface area contributed by atoms with Crippen molar-refractivity contribution < 1.29 is 4.84 Å². The molecule has 1 aliphatic carbocycles. The van der Waals surface area contributed by atoms with Gasteiger partial charge in [-0.15, -0.1) is 5.48 Å². The standard InChI is InChI=1S/C18H18N2O2/c1-10-17-15(8-13-11(2)20-22-18(10)13)14(9-16(21)19-17)12-6-4-3-5-7-12/h3-4,6,8-9,11,20H,5,7H2,1-2H3,(H,19,21). The Hall–Kier alpha value is -2.33. The lowest BCUT2D eigenvalue weighted by Gasteiger charge is -2.15. The minimum Gasteiger partial charge on any atom is -0.407 e. The van der Waals surface area contributed by atoms with Crippen molar-refractivity contribution in [1.29, 1.82) is 0 Å². The molecular weight excluding hydrogens is 276 g/mol. The lowest BCUT2D eigenvalue weighted by molar-refractivity contribution is 0.199. The van der Waals surface area contributed by atoms with Crippen molar-refractivity contribution in [3.63, 3.8) is 0 Å². The second kappa shape index (κ2) is 4.85. The highest BCUT2D eigenvalue weighted by Gasteiger charge is 2.25. The van der Waals surface area contributed by atoms with Crippen LogP contribution in [0.5, 0.6) is 5.75 Å². The zero-order chi connectivity index (χ0) is 15.3. The van der Waals surface area contributed by atoms with E-state index in [9.17, 15) is 4.79 Å². The third kappa shape index (κ3) is 1.91. The number of allylic oxidation sites excluding steroid dienone is 4. The Kier molecular flexibility index (Phi) is 2.94. The molecule has 0 amide bonds. The van der Waals surface area contributed by atoms with Crippen molar-refractivity contribution >= 4 is 16.5 Å². The molecule has 22 heavy (non-hydrogen) atoms. The van der Waals surface area contributed by atoms with Gasteiger partial charge in [0.25, 0.3) is 0 Å². The molecule has 1 unspecified atom stereocenters. The molecule has 0 spiro atoms. The summed E-state index contributed by atoms with van der Waals surface area (Å²) in [6, 6.07) is 4.01. The van der Waals surface area contributed by atoms with Crippen molar-refractivity contribution in [1.82, 2.24) is 10.5 Å². The van der Waals surface area contributed by atoms with Crippen molar-refractivity contribution in [2.45, 2.75) is 32.7 Å². The first-order chi connectivity index (χ1) is 10.6. The maximum absolute atomic E-state index is 12.1. The fraction of sp³-hybridized carbons (Fsp3) is 0.278. The molecule has 1 aromatic heterocycles. The molecule has 112 valence electrons.